The number of carboxylic acids is 1. The van der Waals surface area contributed by atoms with Gasteiger partial charge >= 0.3 is 5.97 Å². The summed E-state index contributed by atoms with van der Waals surface area (Å²) >= 11 is 0. The van der Waals surface area contributed by atoms with E-state index in [-0.39, 0.29) is 11.5 Å². The van der Waals surface area contributed by atoms with Gasteiger partial charge in [0.15, 0.2) is 0 Å². The maximum absolute atomic E-state index is 13.1. The van der Waals surface area contributed by atoms with Gasteiger partial charge in [-0.15, -0.1) is 0 Å². The molecule has 2 nitrogen and oxygen atoms in total. The topological polar surface area (TPSA) is 37.3 Å². The van der Waals surface area contributed by atoms with Crippen molar-refractivity contribution < 1.29 is 18.7 Å². The highest BCUT2D eigenvalue weighted by atomic mass is 19.1. The van der Waals surface area contributed by atoms with Crippen LogP contribution in [0.3, 0.4) is 0 Å². The van der Waals surface area contributed by atoms with Crippen LogP contribution in [-0.4, -0.2) is 11.1 Å². The molecule has 2 atom stereocenters. The lowest BCUT2D eigenvalue weighted by atomic mass is 10.1. The first-order valence-electron chi connectivity index (χ1n) is 4.27. The van der Waals surface area contributed by atoms with E-state index in [2.05, 4.69) is 0 Å². The zero-order valence-corrected chi connectivity index (χ0v) is 7.21. The van der Waals surface area contributed by atoms with E-state index in [9.17, 15) is 13.6 Å². The first-order valence-corrected chi connectivity index (χ1v) is 4.27. The summed E-state index contributed by atoms with van der Waals surface area (Å²) in [6.07, 6.45) is 0.399. The quantitative estimate of drug-likeness (QED) is 0.790. The Labute approximate surface area is 79.2 Å². The molecule has 1 aromatic rings. The summed E-state index contributed by atoms with van der Waals surface area (Å²) in [5, 5.41) is 8.63. The van der Waals surface area contributed by atoms with Crippen LogP contribution >= 0.6 is 0 Å². The Morgan fingerprint density at radius 3 is 2.71 bits per heavy atom. The summed E-state index contributed by atoms with van der Waals surface area (Å²) in [4.78, 5) is 10.5. The van der Waals surface area contributed by atoms with Crippen molar-refractivity contribution in [3.8, 4) is 0 Å². The highest BCUT2D eigenvalue weighted by Crippen LogP contribution is 2.48. The normalized spacial score (nSPS) is 24.7. The smallest absolute Gasteiger partial charge is 0.307 e. The van der Waals surface area contributed by atoms with Crippen molar-refractivity contribution in [3.05, 3.63) is 35.4 Å². The standard InChI is InChI=1S/C10H8F2O2/c11-5-1-2-9(12)7(3-5)6-4-8(6)10(13)14/h1-3,6,8H,4H2,(H,13,14)/t6-,8-/m0/s1. The van der Waals surface area contributed by atoms with Crippen LogP contribution in [0, 0.1) is 17.6 Å². The maximum atomic E-state index is 13.1. The predicted octanol–water partition coefficient (Wildman–Crippen LogP) is 2.15. The van der Waals surface area contributed by atoms with Gasteiger partial charge in [0.2, 0.25) is 0 Å². The molecule has 74 valence electrons. The molecule has 0 aromatic heterocycles. The molecular formula is C10H8F2O2. The molecule has 1 aliphatic rings. The molecule has 1 fully saturated rings. The van der Waals surface area contributed by atoms with Gasteiger partial charge in [0, 0.05) is 5.92 Å². The zero-order chi connectivity index (χ0) is 10.3. The molecule has 1 saturated carbocycles. The molecule has 0 spiro atoms. The second-order valence-corrected chi connectivity index (χ2v) is 3.45. The molecule has 14 heavy (non-hydrogen) atoms. The monoisotopic (exact) mass is 198 g/mol. The molecule has 1 N–H and O–H groups in total. The van der Waals surface area contributed by atoms with Crippen LogP contribution in [0.25, 0.3) is 0 Å². The minimum atomic E-state index is -0.946. The number of hydrogen-bond donors (Lipinski definition) is 1. The van der Waals surface area contributed by atoms with E-state index in [4.69, 9.17) is 5.11 Å². The van der Waals surface area contributed by atoms with Gasteiger partial charge in [-0.1, -0.05) is 0 Å². The molecule has 0 bridgehead atoms. The average Bonchev–Trinajstić information content (AvgIpc) is 2.88. The fourth-order valence-corrected chi connectivity index (χ4v) is 1.61. The van der Waals surface area contributed by atoms with Gasteiger partial charge in [0.1, 0.15) is 11.6 Å². The van der Waals surface area contributed by atoms with E-state index < -0.39 is 23.5 Å². The number of halogens is 2. The first kappa shape index (κ1) is 9.12. The van der Waals surface area contributed by atoms with Gasteiger partial charge in [0.25, 0.3) is 0 Å². The van der Waals surface area contributed by atoms with E-state index in [0.29, 0.717) is 6.42 Å². The summed E-state index contributed by atoms with van der Waals surface area (Å²) in [5.41, 5.74) is 0.178. The minimum Gasteiger partial charge on any atom is -0.481 e. The Hall–Kier alpha value is -1.45. The fraction of sp³-hybridized carbons (Fsp3) is 0.300. The second kappa shape index (κ2) is 3.04. The SMILES string of the molecule is O=C(O)[C@H]1C[C@H]1c1cc(F)ccc1F. The van der Waals surface area contributed by atoms with Crippen LogP contribution < -0.4 is 0 Å². The number of aliphatic carboxylic acids is 1. The van der Waals surface area contributed by atoms with Crippen LogP contribution in [0.2, 0.25) is 0 Å². The average molecular weight is 198 g/mol. The summed E-state index contributed by atoms with van der Waals surface area (Å²) in [6.45, 7) is 0. The lowest BCUT2D eigenvalue weighted by Crippen LogP contribution is -2.00. The Morgan fingerprint density at radius 1 is 1.43 bits per heavy atom. The third kappa shape index (κ3) is 1.47. The van der Waals surface area contributed by atoms with Gasteiger partial charge in [-0.2, -0.15) is 0 Å². The highest BCUT2D eigenvalue weighted by Gasteiger charge is 2.45. The summed E-state index contributed by atoms with van der Waals surface area (Å²) in [6, 6.07) is 3.13. The fourth-order valence-electron chi connectivity index (χ4n) is 1.61. The van der Waals surface area contributed by atoms with Crippen molar-refractivity contribution in [2.24, 2.45) is 5.92 Å². The van der Waals surface area contributed by atoms with Crippen LogP contribution in [0.15, 0.2) is 18.2 Å². The third-order valence-electron chi connectivity index (χ3n) is 2.47. The molecule has 1 aromatic carbocycles. The number of carbonyl (C=O) groups is 1. The molecule has 0 heterocycles. The molecule has 0 unspecified atom stereocenters. The highest BCUT2D eigenvalue weighted by molar-refractivity contribution is 5.75. The van der Waals surface area contributed by atoms with Gasteiger partial charge in [-0.25, -0.2) is 8.78 Å². The van der Waals surface area contributed by atoms with Gasteiger partial charge in [0.05, 0.1) is 5.92 Å². The Kier molecular flexibility index (Phi) is 1.98. The third-order valence-corrected chi connectivity index (χ3v) is 2.47. The van der Waals surface area contributed by atoms with Crippen LogP contribution in [0.5, 0.6) is 0 Å². The molecule has 0 aliphatic heterocycles. The molecular weight excluding hydrogens is 190 g/mol. The minimum absolute atomic E-state index is 0.178. The number of hydrogen-bond acceptors (Lipinski definition) is 1. The molecule has 0 saturated heterocycles. The van der Waals surface area contributed by atoms with Crippen molar-refractivity contribution in [1.29, 1.82) is 0 Å². The summed E-state index contributed by atoms with van der Waals surface area (Å²) in [7, 11) is 0. The summed E-state index contributed by atoms with van der Waals surface area (Å²) in [5.74, 6) is -2.91. The van der Waals surface area contributed by atoms with E-state index >= 15 is 0 Å². The van der Waals surface area contributed by atoms with Gasteiger partial charge in [-0.3, -0.25) is 4.79 Å². The molecule has 2 rings (SSSR count). The Balaban J connectivity index is 2.26. The second-order valence-electron chi connectivity index (χ2n) is 3.45. The molecule has 0 radical (unpaired) electrons. The van der Waals surface area contributed by atoms with Crippen LogP contribution in [-0.2, 0) is 4.79 Å². The molecule has 4 heteroatoms. The lowest BCUT2D eigenvalue weighted by Gasteiger charge is -2.00. The maximum Gasteiger partial charge on any atom is 0.307 e. The van der Waals surface area contributed by atoms with Crippen molar-refractivity contribution in [1.82, 2.24) is 0 Å². The molecule has 0 amide bonds. The van der Waals surface area contributed by atoms with E-state index in [1.807, 2.05) is 0 Å². The van der Waals surface area contributed by atoms with E-state index in [0.717, 1.165) is 18.2 Å². The van der Waals surface area contributed by atoms with Crippen LogP contribution in [0.1, 0.15) is 17.9 Å². The van der Waals surface area contributed by atoms with Crippen LogP contribution in [0.4, 0.5) is 8.78 Å². The lowest BCUT2D eigenvalue weighted by molar-refractivity contribution is -0.138. The molecule has 1 aliphatic carbocycles. The van der Waals surface area contributed by atoms with Crippen molar-refractivity contribution >= 4 is 5.97 Å². The van der Waals surface area contributed by atoms with Gasteiger partial charge in [-0.05, 0) is 30.2 Å². The Morgan fingerprint density at radius 2 is 2.14 bits per heavy atom. The summed E-state index contributed by atoms with van der Waals surface area (Å²) < 4.78 is 25.9. The first-order chi connectivity index (χ1) is 6.59. The predicted molar refractivity (Wildman–Crippen MR) is 44.8 cm³/mol. The van der Waals surface area contributed by atoms with Crippen molar-refractivity contribution in [2.45, 2.75) is 12.3 Å². The number of benzene rings is 1. The van der Waals surface area contributed by atoms with Crippen molar-refractivity contribution in [3.63, 3.8) is 0 Å². The number of carboxylic acid groups (broad SMARTS) is 1. The van der Waals surface area contributed by atoms with E-state index in [1.165, 1.54) is 0 Å². The number of rotatable bonds is 2. The van der Waals surface area contributed by atoms with Crippen molar-refractivity contribution in [2.75, 3.05) is 0 Å². The largest absolute Gasteiger partial charge is 0.481 e. The zero-order valence-electron chi connectivity index (χ0n) is 7.21. The van der Waals surface area contributed by atoms with E-state index in [1.54, 1.807) is 0 Å². The Bertz CT molecular complexity index is 390. The van der Waals surface area contributed by atoms with Gasteiger partial charge < -0.3 is 5.11 Å².